The van der Waals surface area contributed by atoms with E-state index in [0.717, 1.165) is 30.9 Å². The fraction of sp³-hybridized carbons (Fsp3) is 0.526. The molecule has 2 heterocycles. The zero-order chi connectivity index (χ0) is 15.8. The minimum Gasteiger partial charge on any atom is -0.399 e. The largest absolute Gasteiger partial charge is 0.399 e. The van der Waals surface area contributed by atoms with Crippen molar-refractivity contribution >= 4 is 5.69 Å². The van der Waals surface area contributed by atoms with Gasteiger partial charge in [0.15, 0.2) is 0 Å². The number of aromatic nitrogens is 2. The van der Waals surface area contributed by atoms with E-state index in [1.807, 2.05) is 12.1 Å². The lowest BCUT2D eigenvalue weighted by Crippen LogP contribution is -2.28. The molecule has 0 saturated heterocycles. The summed E-state index contributed by atoms with van der Waals surface area (Å²) in [6.45, 7) is 2.13. The summed E-state index contributed by atoms with van der Waals surface area (Å²) in [4.78, 5) is 2.40. The van der Waals surface area contributed by atoms with E-state index in [-0.39, 0.29) is 0 Å². The van der Waals surface area contributed by atoms with E-state index < -0.39 is 0 Å². The third kappa shape index (κ3) is 2.76. The van der Waals surface area contributed by atoms with Crippen molar-refractivity contribution in [1.29, 1.82) is 0 Å². The molecule has 4 nitrogen and oxygen atoms in total. The van der Waals surface area contributed by atoms with Gasteiger partial charge in [-0.1, -0.05) is 31.4 Å². The Hall–Kier alpha value is -1.81. The van der Waals surface area contributed by atoms with E-state index in [9.17, 15) is 0 Å². The van der Waals surface area contributed by atoms with Gasteiger partial charge in [0.05, 0.1) is 11.7 Å². The number of likely N-dealkylation sites (N-methyl/N-ethyl adjacent to an activating group) is 1. The molecule has 1 aliphatic heterocycles. The molecule has 2 aromatic rings. The Labute approximate surface area is 138 Å². The SMILES string of the molecule is CN1CCc2c(c(-c3ccc(N)cc3)nn2C2CCCCC2)C1. The number of anilines is 1. The summed E-state index contributed by atoms with van der Waals surface area (Å²) in [5.41, 5.74) is 11.9. The van der Waals surface area contributed by atoms with Gasteiger partial charge in [-0.05, 0) is 32.0 Å². The maximum Gasteiger partial charge on any atom is 0.0971 e. The second kappa shape index (κ2) is 6.00. The number of nitrogens with zero attached hydrogens (tertiary/aromatic N) is 3. The van der Waals surface area contributed by atoms with Crippen LogP contribution >= 0.6 is 0 Å². The van der Waals surface area contributed by atoms with Crippen LogP contribution in [0.15, 0.2) is 24.3 Å². The van der Waals surface area contributed by atoms with Gasteiger partial charge in [0.2, 0.25) is 0 Å². The van der Waals surface area contributed by atoms with Crippen LogP contribution in [0.4, 0.5) is 5.69 Å². The number of hydrogen-bond acceptors (Lipinski definition) is 3. The first-order valence-electron chi connectivity index (χ1n) is 8.87. The first-order chi connectivity index (χ1) is 11.2. The third-order valence-electron chi connectivity index (χ3n) is 5.38. The average molecular weight is 310 g/mol. The number of rotatable bonds is 2. The highest BCUT2D eigenvalue weighted by Crippen LogP contribution is 2.35. The number of hydrogen-bond donors (Lipinski definition) is 1. The Morgan fingerprint density at radius 3 is 2.57 bits per heavy atom. The second-order valence-corrected chi connectivity index (χ2v) is 7.12. The van der Waals surface area contributed by atoms with Gasteiger partial charge in [-0.2, -0.15) is 5.10 Å². The molecule has 122 valence electrons. The van der Waals surface area contributed by atoms with Gasteiger partial charge in [0, 0.05) is 42.0 Å². The topological polar surface area (TPSA) is 47.1 Å². The van der Waals surface area contributed by atoms with Crippen LogP contribution in [0, 0.1) is 0 Å². The maximum atomic E-state index is 5.85. The number of nitrogens with two attached hydrogens (primary N) is 1. The molecule has 0 unspecified atom stereocenters. The highest BCUT2D eigenvalue weighted by atomic mass is 15.3. The number of fused-ring (bicyclic) bond motifs is 1. The minimum atomic E-state index is 0.600. The standard InChI is InChI=1S/C19H26N4/c1-22-12-11-18-17(13-22)19(14-7-9-15(20)10-8-14)21-23(18)16-5-3-2-4-6-16/h7-10,16H,2-6,11-13,20H2,1H3. The predicted molar refractivity (Wildman–Crippen MR) is 94.2 cm³/mol. The number of benzene rings is 1. The van der Waals surface area contributed by atoms with Crippen LogP contribution in [0.25, 0.3) is 11.3 Å². The Kier molecular flexibility index (Phi) is 3.85. The van der Waals surface area contributed by atoms with E-state index in [1.165, 1.54) is 48.9 Å². The van der Waals surface area contributed by atoms with Gasteiger partial charge in [-0.15, -0.1) is 0 Å². The molecule has 1 aliphatic carbocycles. The molecule has 4 rings (SSSR count). The van der Waals surface area contributed by atoms with Crippen molar-refractivity contribution in [3.05, 3.63) is 35.5 Å². The Morgan fingerprint density at radius 1 is 1.09 bits per heavy atom. The van der Waals surface area contributed by atoms with Crippen LogP contribution in [-0.4, -0.2) is 28.3 Å². The molecule has 1 fully saturated rings. The van der Waals surface area contributed by atoms with E-state index in [2.05, 4.69) is 28.8 Å². The Balaban J connectivity index is 1.79. The van der Waals surface area contributed by atoms with E-state index >= 15 is 0 Å². The molecule has 0 radical (unpaired) electrons. The molecule has 0 amide bonds. The number of nitrogen functional groups attached to an aromatic ring is 1. The van der Waals surface area contributed by atoms with Crippen LogP contribution in [0.3, 0.4) is 0 Å². The summed E-state index contributed by atoms with van der Waals surface area (Å²) < 4.78 is 2.38. The molecule has 1 aromatic heterocycles. The smallest absolute Gasteiger partial charge is 0.0971 e. The van der Waals surface area contributed by atoms with Crippen LogP contribution < -0.4 is 5.73 Å². The first kappa shape index (κ1) is 14.8. The summed E-state index contributed by atoms with van der Waals surface area (Å²) in [7, 11) is 2.20. The minimum absolute atomic E-state index is 0.600. The zero-order valence-electron chi connectivity index (χ0n) is 14.0. The van der Waals surface area contributed by atoms with E-state index in [4.69, 9.17) is 10.8 Å². The molecule has 0 atom stereocenters. The Morgan fingerprint density at radius 2 is 1.83 bits per heavy atom. The van der Waals surface area contributed by atoms with Crippen molar-refractivity contribution in [3.63, 3.8) is 0 Å². The first-order valence-corrected chi connectivity index (χ1v) is 8.87. The van der Waals surface area contributed by atoms with Gasteiger partial charge < -0.3 is 10.6 Å². The average Bonchev–Trinajstić information content (AvgIpc) is 2.95. The lowest BCUT2D eigenvalue weighted by atomic mass is 9.94. The van der Waals surface area contributed by atoms with Gasteiger partial charge in [-0.25, -0.2) is 0 Å². The lowest BCUT2D eigenvalue weighted by Gasteiger charge is -2.27. The summed E-state index contributed by atoms with van der Waals surface area (Å²) in [5.74, 6) is 0. The molecular formula is C19H26N4. The molecule has 2 N–H and O–H groups in total. The van der Waals surface area contributed by atoms with E-state index in [0.29, 0.717) is 6.04 Å². The molecule has 2 aliphatic rings. The Bertz CT molecular complexity index is 680. The van der Waals surface area contributed by atoms with Gasteiger partial charge in [0.25, 0.3) is 0 Å². The lowest BCUT2D eigenvalue weighted by molar-refractivity contribution is 0.287. The fourth-order valence-corrected chi connectivity index (χ4v) is 4.08. The molecular weight excluding hydrogens is 284 g/mol. The van der Waals surface area contributed by atoms with Crippen LogP contribution in [0.1, 0.15) is 49.4 Å². The zero-order valence-corrected chi connectivity index (χ0v) is 14.0. The molecule has 1 saturated carbocycles. The normalized spacial score (nSPS) is 19.7. The van der Waals surface area contributed by atoms with Crippen molar-refractivity contribution in [3.8, 4) is 11.3 Å². The highest BCUT2D eigenvalue weighted by Gasteiger charge is 2.27. The van der Waals surface area contributed by atoms with Crippen LogP contribution in [0.2, 0.25) is 0 Å². The third-order valence-corrected chi connectivity index (χ3v) is 5.38. The van der Waals surface area contributed by atoms with E-state index in [1.54, 1.807) is 0 Å². The van der Waals surface area contributed by atoms with Crippen molar-refractivity contribution in [1.82, 2.24) is 14.7 Å². The molecule has 4 heteroatoms. The molecule has 23 heavy (non-hydrogen) atoms. The summed E-state index contributed by atoms with van der Waals surface area (Å²) in [6, 6.07) is 8.78. The van der Waals surface area contributed by atoms with Crippen molar-refractivity contribution in [2.24, 2.45) is 0 Å². The van der Waals surface area contributed by atoms with Crippen molar-refractivity contribution in [2.75, 3.05) is 19.3 Å². The fourth-order valence-electron chi connectivity index (χ4n) is 4.08. The molecule has 0 spiro atoms. The maximum absolute atomic E-state index is 5.85. The molecule has 1 aromatic carbocycles. The van der Waals surface area contributed by atoms with Gasteiger partial charge in [0.1, 0.15) is 0 Å². The monoisotopic (exact) mass is 310 g/mol. The highest BCUT2D eigenvalue weighted by molar-refractivity contribution is 5.66. The van der Waals surface area contributed by atoms with Gasteiger partial charge >= 0.3 is 0 Å². The van der Waals surface area contributed by atoms with Crippen molar-refractivity contribution < 1.29 is 0 Å². The second-order valence-electron chi connectivity index (χ2n) is 7.12. The predicted octanol–water partition coefficient (Wildman–Crippen LogP) is 3.63. The van der Waals surface area contributed by atoms with Crippen LogP contribution in [0.5, 0.6) is 0 Å². The quantitative estimate of drug-likeness (QED) is 0.862. The van der Waals surface area contributed by atoms with Crippen LogP contribution in [-0.2, 0) is 13.0 Å². The summed E-state index contributed by atoms with van der Waals surface area (Å²) >= 11 is 0. The summed E-state index contributed by atoms with van der Waals surface area (Å²) in [5, 5.41) is 5.10. The van der Waals surface area contributed by atoms with Crippen molar-refractivity contribution in [2.45, 2.75) is 51.1 Å². The summed E-state index contributed by atoms with van der Waals surface area (Å²) in [6.07, 6.45) is 7.75. The molecule has 0 bridgehead atoms. The van der Waals surface area contributed by atoms with Gasteiger partial charge in [-0.3, -0.25) is 4.68 Å².